The van der Waals surface area contributed by atoms with Gasteiger partial charge in [-0.3, -0.25) is 31.3 Å². The molecular formula is C19H18BrN7O3. The summed E-state index contributed by atoms with van der Waals surface area (Å²) in [7, 11) is 1.54. The third kappa shape index (κ3) is 4.94. The Hall–Kier alpha value is -3.86. The molecular weight excluding hydrogens is 454 g/mol. The van der Waals surface area contributed by atoms with Crippen LogP contribution in [0, 0.1) is 0 Å². The second kappa shape index (κ2) is 9.56. The molecule has 0 unspecified atom stereocenters. The minimum atomic E-state index is -0.396. The Morgan fingerprint density at radius 3 is 2.13 bits per heavy atom. The number of anilines is 3. The van der Waals surface area contributed by atoms with Crippen molar-refractivity contribution in [2.24, 2.45) is 0 Å². The molecule has 1 aromatic heterocycles. The van der Waals surface area contributed by atoms with Gasteiger partial charge in [0.25, 0.3) is 11.8 Å². The fourth-order valence-electron chi connectivity index (χ4n) is 2.35. The second-order valence-electron chi connectivity index (χ2n) is 5.85. The number of amides is 2. The van der Waals surface area contributed by atoms with Crippen LogP contribution in [0.3, 0.4) is 0 Å². The lowest BCUT2D eigenvalue weighted by molar-refractivity contribution is 0.0954. The average Bonchev–Trinajstić information content (AvgIpc) is 2.77. The number of halogens is 1. The quantitative estimate of drug-likeness (QED) is 0.330. The van der Waals surface area contributed by atoms with Gasteiger partial charge >= 0.3 is 0 Å². The summed E-state index contributed by atoms with van der Waals surface area (Å²) in [5.41, 5.74) is 17.3. The molecule has 0 atom stereocenters. The first-order valence-electron chi connectivity index (χ1n) is 8.61. The zero-order valence-electron chi connectivity index (χ0n) is 15.8. The van der Waals surface area contributed by atoms with Crippen molar-refractivity contribution in [3.8, 4) is 5.75 Å². The van der Waals surface area contributed by atoms with Crippen LogP contribution in [0.5, 0.6) is 5.75 Å². The number of hydrogen-bond donors (Lipinski definition) is 5. The van der Waals surface area contributed by atoms with Crippen molar-refractivity contribution in [3.05, 3.63) is 70.5 Å². The molecule has 0 aliphatic carbocycles. The molecule has 30 heavy (non-hydrogen) atoms. The molecule has 11 heteroatoms. The highest BCUT2D eigenvalue weighted by Crippen LogP contribution is 2.21. The molecule has 0 saturated carbocycles. The standard InChI is InChI=1S/C19H18BrN7O3/c1-30-12-8-6-11(7-9-12)18(28)26-24-16-15(21)17(23-10-22-16)25-27-19(29)13-4-2-3-5-14(13)20/h2-10H,21H2,1H3,(H,26,28)(H,27,29)(H2,22,23,24,25). The number of ether oxygens (including phenoxy) is 1. The van der Waals surface area contributed by atoms with E-state index in [4.69, 9.17) is 10.5 Å². The Morgan fingerprint density at radius 1 is 0.933 bits per heavy atom. The summed E-state index contributed by atoms with van der Waals surface area (Å²) in [5, 5.41) is 0. The maximum absolute atomic E-state index is 12.3. The highest BCUT2D eigenvalue weighted by atomic mass is 79.9. The Labute approximate surface area is 180 Å². The minimum absolute atomic E-state index is 0.0972. The predicted octanol–water partition coefficient (Wildman–Crippen LogP) is 2.34. The van der Waals surface area contributed by atoms with E-state index in [0.717, 1.165) is 0 Å². The molecule has 6 N–H and O–H groups in total. The molecule has 0 aliphatic heterocycles. The van der Waals surface area contributed by atoms with E-state index in [-0.39, 0.29) is 23.2 Å². The van der Waals surface area contributed by atoms with Gasteiger partial charge in [-0.25, -0.2) is 9.97 Å². The highest BCUT2D eigenvalue weighted by molar-refractivity contribution is 9.10. The molecule has 10 nitrogen and oxygen atoms in total. The Kier molecular flexibility index (Phi) is 6.65. The molecule has 2 aromatic carbocycles. The van der Waals surface area contributed by atoms with Gasteiger partial charge in [0.05, 0.1) is 12.7 Å². The molecule has 0 fully saturated rings. The number of methoxy groups -OCH3 is 1. The van der Waals surface area contributed by atoms with Gasteiger partial charge in [-0.2, -0.15) is 0 Å². The molecule has 0 saturated heterocycles. The zero-order valence-corrected chi connectivity index (χ0v) is 17.4. The lowest BCUT2D eigenvalue weighted by Crippen LogP contribution is -2.32. The summed E-state index contributed by atoms with van der Waals surface area (Å²) >= 11 is 3.31. The zero-order chi connectivity index (χ0) is 21.5. The number of nitrogen functional groups attached to an aromatic ring is 1. The van der Waals surface area contributed by atoms with Crippen LogP contribution >= 0.6 is 15.9 Å². The molecule has 3 aromatic rings. The van der Waals surface area contributed by atoms with Crippen LogP contribution in [-0.4, -0.2) is 28.9 Å². The number of nitrogens with zero attached hydrogens (tertiary/aromatic N) is 2. The number of nitrogens with two attached hydrogens (primary N) is 1. The maximum atomic E-state index is 12.3. The molecule has 0 aliphatic rings. The van der Waals surface area contributed by atoms with Crippen LogP contribution in [0.25, 0.3) is 0 Å². The first kappa shape index (κ1) is 20.9. The van der Waals surface area contributed by atoms with Crippen LogP contribution in [-0.2, 0) is 0 Å². The highest BCUT2D eigenvalue weighted by Gasteiger charge is 2.13. The van der Waals surface area contributed by atoms with Gasteiger partial charge in [-0.1, -0.05) is 12.1 Å². The van der Waals surface area contributed by atoms with E-state index >= 15 is 0 Å². The minimum Gasteiger partial charge on any atom is -0.497 e. The number of benzene rings is 2. The van der Waals surface area contributed by atoms with Crippen molar-refractivity contribution < 1.29 is 14.3 Å². The van der Waals surface area contributed by atoms with Gasteiger partial charge < -0.3 is 10.5 Å². The summed E-state index contributed by atoms with van der Waals surface area (Å²) in [6.45, 7) is 0. The molecule has 3 rings (SSSR count). The summed E-state index contributed by atoms with van der Waals surface area (Å²) in [4.78, 5) is 32.5. The van der Waals surface area contributed by atoms with E-state index in [2.05, 4.69) is 47.6 Å². The Morgan fingerprint density at radius 2 is 1.53 bits per heavy atom. The van der Waals surface area contributed by atoms with Gasteiger partial charge in [0, 0.05) is 10.0 Å². The number of carbonyl (C=O) groups is 2. The molecule has 0 radical (unpaired) electrons. The van der Waals surface area contributed by atoms with Crippen molar-refractivity contribution in [2.45, 2.75) is 0 Å². The van der Waals surface area contributed by atoms with Crippen molar-refractivity contribution in [2.75, 3.05) is 23.7 Å². The number of hydrogen-bond acceptors (Lipinski definition) is 8. The van der Waals surface area contributed by atoms with E-state index in [0.29, 0.717) is 21.3 Å². The molecule has 1 heterocycles. The summed E-state index contributed by atoms with van der Waals surface area (Å²) < 4.78 is 5.70. The summed E-state index contributed by atoms with van der Waals surface area (Å²) in [5.74, 6) is 0.172. The normalized spacial score (nSPS) is 10.1. The topological polar surface area (TPSA) is 143 Å². The van der Waals surface area contributed by atoms with E-state index < -0.39 is 5.91 Å². The molecule has 154 valence electrons. The van der Waals surface area contributed by atoms with Crippen LogP contribution in [0.4, 0.5) is 17.3 Å². The Bertz CT molecular complexity index is 1060. The largest absolute Gasteiger partial charge is 0.497 e. The van der Waals surface area contributed by atoms with E-state index in [1.54, 1.807) is 55.6 Å². The van der Waals surface area contributed by atoms with Crippen LogP contribution < -0.4 is 32.2 Å². The van der Waals surface area contributed by atoms with Gasteiger partial charge in [-0.05, 0) is 52.3 Å². The monoisotopic (exact) mass is 471 g/mol. The van der Waals surface area contributed by atoms with Crippen molar-refractivity contribution in [1.29, 1.82) is 0 Å². The lowest BCUT2D eigenvalue weighted by atomic mass is 10.2. The lowest BCUT2D eigenvalue weighted by Gasteiger charge is -2.14. The third-order valence-corrected chi connectivity index (χ3v) is 4.63. The summed E-state index contributed by atoms with van der Waals surface area (Å²) in [6, 6.07) is 13.5. The number of aromatic nitrogens is 2. The number of carbonyl (C=O) groups excluding carboxylic acids is 2. The van der Waals surface area contributed by atoms with Crippen molar-refractivity contribution in [3.63, 3.8) is 0 Å². The second-order valence-corrected chi connectivity index (χ2v) is 6.71. The Balaban J connectivity index is 1.62. The first-order valence-corrected chi connectivity index (χ1v) is 9.40. The smallest absolute Gasteiger partial charge is 0.270 e. The third-order valence-electron chi connectivity index (χ3n) is 3.94. The average molecular weight is 472 g/mol. The van der Waals surface area contributed by atoms with Crippen molar-refractivity contribution in [1.82, 2.24) is 20.8 Å². The van der Waals surface area contributed by atoms with E-state index in [9.17, 15) is 9.59 Å². The van der Waals surface area contributed by atoms with E-state index in [1.807, 2.05) is 0 Å². The predicted molar refractivity (Wildman–Crippen MR) is 116 cm³/mol. The fourth-order valence-corrected chi connectivity index (χ4v) is 2.82. The van der Waals surface area contributed by atoms with Gasteiger partial charge in [-0.15, -0.1) is 0 Å². The number of hydrazine groups is 2. The molecule has 0 spiro atoms. The van der Waals surface area contributed by atoms with Crippen molar-refractivity contribution >= 4 is 45.1 Å². The summed E-state index contributed by atoms with van der Waals surface area (Å²) in [6.07, 6.45) is 1.23. The fraction of sp³-hybridized carbons (Fsp3) is 0.0526. The van der Waals surface area contributed by atoms with Gasteiger partial charge in [0.2, 0.25) is 0 Å². The van der Waals surface area contributed by atoms with Gasteiger partial charge in [0.15, 0.2) is 11.6 Å². The van der Waals surface area contributed by atoms with Crippen LogP contribution in [0.1, 0.15) is 20.7 Å². The number of rotatable bonds is 7. The van der Waals surface area contributed by atoms with E-state index in [1.165, 1.54) is 6.33 Å². The number of nitrogens with one attached hydrogen (secondary N) is 4. The molecule has 0 bridgehead atoms. The van der Waals surface area contributed by atoms with Gasteiger partial charge in [0.1, 0.15) is 17.8 Å². The maximum Gasteiger partial charge on any atom is 0.270 e. The van der Waals surface area contributed by atoms with Crippen LogP contribution in [0.2, 0.25) is 0 Å². The SMILES string of the molecule is COc1ccc(C(=O)NNc2ncnc(NNC(=O)c3ccccc3Br)c2N)cc1. The first-order chi connectivity index (χ1) is 14.5. The van der Waals surface area contributed by atoms with Crippen LogP contribution in [0.15, 0.2) is 59.3 Å². The molecule has 2 amide bonds.